The van der Waals surface area contributed by atoms with Gasteiger partial charge in [-0.2, -0.15) is 0 Å². The van der Waals surface area contributed by atoms with E-state index < -0.39 is 39.9 Å². The Morgan fingerprint density at radius 1 is 0.531 bits per heavy atom. The predicted octanol–water partition coefficient (Wildman–Crippen LogP) is 7.74. The second kappa shape index (κ2) is 11.7. The molecule has 0 saturated heterocycles. The van der Waals surface area contributed by atoms with Crippen molar-refractivity contribution in [2.45, 2.75) is 66.7 Å². The summed E-state index contributed by atoms with van der Waals surface area (Å²) in [7, 11) is 4.10. The molecule has 0 fully saturated rings. The van der Waals surface area contributed by atoms with Gasteiger partial charge in [0, 0.05) is 0 Å². The molecular weight excluding hydrogens is 660 g/mol. The first-order valence-corrected chi connectivity index (χ1v) is 20.0. The van der Waals surface area contributed by atoms with Gasteiger partial charge in [0.1, 0.15) is 0 Å². The van der Waals surface area contributed by atoms with Gasteiger partial charge in [-0.05, 0) is 0 Å². The van der Waals surface area contributed by atoms with Crippen LogP contribution in [-0.2, 0) is 42.8 Å². The summed E-state index contributed by atoms with van der Waals surface area (Å²) in [4.78, 5) is 4.42. The van der Waals surface area contributed by atoms with Gasteiger partial charge < -0.3 is 0 Å². The summed E-state index contributed by atoms with van der Waals surface area (Å²) >= 11 is -5.04. The van der Waals surface area contributed by atoms with Crippen LogP contribution >= 0.6 is 0 Å². The minimum absolute atomic E-state index is 0.174. The van der Waals surface area contributed by atoms with Crippen molar-refractivity contribution in [1.82, 2.24) is 18.9 Å². The van der Waals surface area contributed by atoms with E-state index in [2.05, 4.69) is 23.9 Å². The van der Waals surface area contributed by atoms with E-state index >= 15 is 17.6 Å². The summed E-state index contributed by atoms with van der Waals surface area (Å²) < 4.78 is 74.1. The third-order valence-corrected chi connectivity index (χ3v) is 19.3. The Morgan fingerprint density at radius 2 is 0.878 bits per heavy atom. The maximum atomic E-state index is 17.8. The molecule has 0 unspecified atom stereocenters. The number of fused-ring (bicyclic) bond motifs is 2. The fourth-order valence-corrected chi connectivity index (χ4v) is 17.5. The van der Waals surface area contributed by atoms with Gasteiger partial charge in [0.05, 0.1) is 0 Å². The van der Waals surface area contributed by atoms with Gasteiger partial charge in [0.2, 0.25) is 0 Å². The molecule has 2 aliphatic heterocycles. The number of rotatable bonds is 6. The van der Waals surface area contributed by atoms with Crippen LogP contribution in [0.3, 0.4) is 0 Å². The number of hydrogen-bond acceptors (Lipinski definition) is 2. The molecule has 0 N–H and O–H groups in total. The van der Waals surface area contributed by atoms with Crippen molar-refractivity contribution in [3.63, 3.8) is 0 Å². The van der Waals surface area contributed by atoms with Crippen molar-refractivity contribution >= 4 is 7.74 Å². The molecule has 4 nitrogen and oxygen atoms in total. The van der Waals surface area contributed by atoms with Gasteiger partial charge in [0.25, 0.3) is 0 Å². The summed E-state index contributed by atoms with van der Waals surface area (Å²) in [6, 6.07) is 5.57. The molecule has 252 valence electrons. The molecule has 9 heteroatoms. The summed E-state index contributed by atoms with van der Waals surface area (Å²) in [6.45, 7) is 10.8. The number of aromatic nitrogens is 2. The van der Waals surface area contributed by atoms with Crippen LogP contribution in [-0.4, -0.2) is 33.0 Å². The van der Waals surface area contributed by atoms with Crippen LogP contribution in [0.4, 0.5) is 17.6 Å². The molecule has 2 aromatic heterocycles. The van der Waals surface area contributed by atoms with E-state index in [4.69, 9.17) is 0 Å². The fraction of sp³-hybridized carbons (Fsp3) is 0.300. The number of allylic oxidation sites excluding steroid dienone is 8. The maximum absolute atomic E-state index is 17.8. The fourth-order valence-electron chi connectivity index (χ4n) is 9.21. The van der Waals surface area contributed by atoms with E-state index in [0.29, 0.717) is 20.6 Å². The second-order valence-corrected chi connectivity index (χ2v) is 20.1. The van der Waals surface area contributed by atoms with Gasteiger partial charge in [-0.3, -0.25) is 0 Å². The number of benzene rings is 2. The Morgan fingerprint density at radius 3 is 1.18 bits per heavy atom. The van der Waals surface area contributed by atoms with Crippen LogP contribution in [0.1, 0.15) is 57.9 Å². The van der Waals surface area contributed by atoms with Gasteiger partial charge >= 0.3 is 290 Å². The first-order valence-electron chi connectivity index (χ1n) is 16.9. The third-order valence-electron chi connectivity index (χ3n) is 11.4. The zero-order valence-electron chi connectivity index (χ0n) is 28.8. The Labute approximate surface area is 288 Å². The van der Waals surface area contributed by atoms with Crippen molar-refractivity contribution in [2.75, 3.05) is 14.1 Å². The zero-order valence-corrected chi connectivity index (χ0v) is 30.4. The van der Waals surface area contributed by atoms with Crippen molar-refractivity contribution in [3.05, 3.63) is 137 Å². The predicted molar refractivity (Wildman–Crippen MR) is 184 cm³/mol. The van der Waals surface area contributed by atoms with Crippen LogP contribution in [0, 0.1) is 51.0 Å². The van der Waals surface area contributed by atoms with Crippen LogP contribution in [0.15, 0.2) is 68.5 Å². The molecule has 2 aromatic carbocycles. The standard InChI is InChI=1S/2C15H15F2N2.2C5H5.Ti/c2*1-9-12-7-18(3)8-13(12)10(2)19(9)15-5-4-11(16)6-14(15)17;2*1-2-4-5-3-1;/h2*4-5H,7-8H2,1-3H3;2*1-3H,4H2;. The molecule has 0 saturated carbocycles. The quantitative estimate of drug-likeness (QED) is 0.151. The molecule has 0 atom stereocenters. The van der Waals surface area contributed by atoms with E-state index in [1.165, 1.54) is 24.3 Å². The number of hydrogen-bond donors (Lipinski definition) is 0. The topological polar surface area (TPSA) is 16.3 Å². The van der Waals surface area contributed by atoms with Gasteiger partial charge in [0.15, 0.2) is 0 Å². The van der Waals surface area contributed by atoms with E-state index in [0.717, 1.165) is 71.2 Å². The average Bonchev–Trinajstić information content (AvgIpc) is 3.91. The summed E-state index contributed by atoms with van der Waals surface area (Å²) in [5, 5.41) is 0. The molecule has 0 radical (unpaired) electrons. The Balaban J connectivity index is 1.45. The number of halogens is 4. The van der Waals surface area contributed by atoms with Gasteiger partial charge in [-0.15, -0.1) is 0 Å². The van der Waals surface area contributed by atoms with E-state index in [9.17, 15) is 0 Å². The minimum atomic E-state index is -5.04. The first-order chi connectivity index (χ1) is 23.5. The third kappa shape index (κ3) is 4.53. The Hall–Kier alpha value is -3.69. The Kier molecular flexibility index (Phi) is 7.76. The zero-order chi connectivity index (χ0) is 34.5. The van der Waals surface area contributed by atoms with Crippen LogP contribution in [0.25, 0.3) is 11.4 Å². The van der Waals surface area contributed by atoms with Crippen molar-refractivity contribution in [3.8, 4) is 11.4 Å². The molecule has 49 heavy (non-hydrogen) atoms. The molecule has 4 aromatic rings. The van der Waals surface area contributed by atoms with Crippen LogP contribution in [0.2, 0.25) is 0 Å². The second-order valence-electron chi connectivity index (χ2n) is 14.2. The van der Waals surface area contributed by atoms with E-state index in [1.807, 2.05) is 73.3 Å². The molecule has 4 aliphatic rings. The van der Waals surface area contributed by atoms with Crippen LogP contribution < -0.4 is 7.74 Å². The van der Waals surface area contributed by atoms with Crippen molar-refractivity contribution < 1.29 is 34.2 Å². The monoisotopic (exact) mass is 700 g/mol. The van der Waals surface area contributed by atoms with E-state index in [-0.39, 0.29) is 19.1 Å². The molecule has 4 heterocycles. The normalized spacial score (nSPS) is 17.4. The molecule has 0 bridgehead atoms. The van der Waals surface area contributed by atoms with Crippen LogP contribution in [0.5, 0.6) is 0 Å². The molecule has 2 aliphatic carbocycles. The first kappa shape index (κ1) is 32.5. The van der Waals surface area contributed by atoms with Gasteiger partial charge in [-0.25, -0.2) is 0 Å². The summed E-state index contributed by atoms with van der Waals surface area (Å²) in [5.41, 5.74) is 8.58. The summed E-state index contributed by atoms with van der Waals surface area (Å²) in [5.74, 6) is -3.02. The molecule has 0 spiro atoms. The summed E-state index contributed by atoms with van der Waals surface area (Å²) in [6.07, 6.45) is 12.0. The van der Waals surface area contributed by atoms with E-state index in [1.54, 1.807) is 0 Å². The SMILES string of the molecule is Cc1c2c(c(C)n1-c1ccc(F)[c]([Ti]([C]3=CC=CC3)([C]3=CC=CC3)[c]3c(F)ccc(-n4c(C)c5c(c4C)CN(C)C5)c3F)c1F)CN(C)C2. The van der Waals surface area contributed by atoms with Crippen molar-refractivity contribution in [2.24, 2.45) is 0 Å². The molecular formula is C40H40F4N4Ti. The number of nitrogens with zero attached hydrogens (tertiary/aromatic N) is 4. The molecule has 0 amide bonds. The van der Waals surface area contributed by atoms with Gasteiger partial charge in [-0.1, -0.05) is 0 Å². The average molecular weight is 701 g/mol. The Bertz CT molecular complexity index is 2000. The molecule has 8 rings (SSSR count). The van der Waals surface area contributed by atoms with Crippen molar-refractivity contribution in [1.29, 1.82) is 0 Å².